The molecule has 0 saturated heterocycles. The number of hydrogen-bond donors (Lipinski definition) is 4. The molecule has 2 aromatic carbocycles. The lowest BCUT2D eigenvalue weighted by Crippen LogP contribution is -2.44. The average molecular weight is 647 g/mol. The molecule has 236 valence electrons. The van der Waals surface area contributed by atoms with Crippen molar-refractivity contribution in [3.63, 3.8) is 0 Å². The number of nitrogens with two attached hydrogens (primary N) is 1. The Morgan fingerprint density at radius 3 is 2.40 bits per heavy atom. The molecule has 4 aromatic rings. The molecule has 0 saturated carbocycles. The Morgan fingerprint density at radius 2 is 1.71 bits per heavy atom. The zero-order valence-corrected chi connectivity index (χ0v) is 27.1. The molecule has 4 rings (SSSR count). The average Bonchev–Trinajstić information content (AvgIpc) is 3.43. The van der Waals surface area contributed by atoms with Crippen LogP contribution >= 0.6 is 23.1 Å². The molecular formula is C34H38N4O5S2. The molecule has 0 aliphatic carbocycles. The van der Waals surface area contributed by atoms with Crippen molar-refractivity contribution in [2.75, 3.05) is 5.75 Å². The molecule has 0 bridgehead atoms. The van der Waals surface area contributed by atoms with E-state index in [1.807, 2.05) is 51.1 Å². The van der Waals surface area contributed by atoms with E-state index in [2.05, 4.69) is 15.6 Å². The van der Waals surface area contributed by atoms with E-state index in [4.69, 9.17) is 5.73 Å². The van der Waals surface area contributed by atoms with Crippen molar-refractivity contribution in [3.8, 4) is 0 Å². The van der Waals surface area contributed by atoms with E-state index in [0.29, 0.717) is 21.8 Å². The van der Waals surface area contributed by atoms with E-state index < -0.39 is 41.2 Å². The number of carbonyl (C=O) groups excluding carboxylic acids is 4. The first-order chi connectivity index (χ1) is 21.4. The Balaban J connectivity index is 1.54. The molecule has 45 heavy (non-hydrogen) atoms. The number of nitrogens with zero attached hydrogens (tertiary/aromatic N) is 1. The summed E-state index contributed by atoms with van der Waals surface area (Å²) >= 11 is 2.72. The first-order valence-electron chi connectivity index (χ1n) is 14.6. The number of carbonyl (C=O) groups is 4. The first-order valence-corrected chi connectivity index (χ1v) is 16.4. The van der Waals surface area contributed by atoms with Gasteiger partial charge in [-0.05, 0) is 68.5 Å². The number of thiophene rings is 1. The molecule has 0 fully saturated rings. The van der Waals surface area contributed by atoms with Crippen LogP contribution in [0.4, 0.5) is 0 Å². The molecule has 11 heteroatoms. The molecule has 0 aliphatic rings. The molecule has 0 unspecified atom stereocenters. The van der Waals surface area contributed by atoms with E-state index in [1.165, 1.54) is 23.1 Å². The fraction of sp³-hybridized carbons (Fsp3) is 0.324. The number of rotatable bonds is 14. The Labute approximate surface area is 271 Å². The summed E-state index contributed by atoms with van der Waals surface area (Å²) in [5.74, 6) is -2.12. The number of amides is 3. The Hall–Kier alpha value is -4.06. The highest BCUT2D eigenvalue weighted by Gasteiger charge is 2.30. The number of Topliss-reactive ketones (excluding diaryl/α,β-unsaturated/α-hetero) is 1. The lowest BCUT2D eigenvalue weighted by molar-refractivity contribution is -0.126. The van der Waals surface area contributed by atoms with Gasteiger partial charge in [0, 0.05) is 51.2 Å². The second kappa shape index (κ2) is 15.3. The summed E-state index contributed by atoms with van der Waals surface area (Å²) in [5, 5.41) is 18.1. The standard InChI is InChI=1S/C34H38N4O5S2/c1-34(2,3)38-32(42)25-12-6-4-9-21(25)15-27(39)23(20-44-24-11-8-14-36-19-24)16-28(40)26(18-31(35)41)37-33(43)30-17-22-10-5-7-13-29(22)45-30/h4-14,17,19,23,26-27,39H,15-16,18,20H2,1-3H3,(H2,35,41)(H,37,43)(H,38,42)/t23-,26+,27+/m1/s1. The Morgan fingerprint density at radius 1 is 0.978 bits per heavy atom. The SMILES string of the molecule is CC(C)(C)NC(=O)c1ccccc1C[C@H](O)[C@@H](CSc1cccnc1)CC(=O)[C@H](CC(N)=O)NC(=O)c1cc2ccccc2s1. The number of benzene rings is 2. The zero-order chi connectivity index (χ0) is 32.6. The van der Waals surface area contributed by atoms with Crippen LogP contribution in [0.2, 0.25) is 0 Å². The minimum atomic E-state index is -1.16. The second-order valence-electron chi connectivity index (χ2n) is 11.9. The number of primary amides is 1. The number of nitrogens with one attached hydrogen (secondary N) is 2. The van der Waals surface area contributed by atoms with Crippen LogP contribution in [0, 0.1) is 5.92 Å². The quantitative estimate of drug-likeness (QED) is 0.144. The third-order valence-electron chi connectivity index (χ3n) is 7.03. The summed E-state index contributed by atoms with van der Waals surface area (Å²) in [6, 6.07) is 18.9. The van der Waals surface area contributed by atoms with Gasteiger partial charge in [0.05, 0.1) is 23.4 Å². The van der Waals surface area contributed by atoms with Gasteiger partial charge < -0.3 is 21.5 Å². The maximum atomic E-state index is 13.7. The predicted molar refractivity (Wildman–Crippen MR) is 178 cm³/mol. The van der Waals surface area contributed by atoms with Crippen LogP contribution in [0.5, 0.6) is 0 Å². The molecule has 3 atom stereocenters. The van der Waals surface area contributed by atoms with Crippen molar-refractivity contribution in [1.29, 1.82) is 0 Å². The fourth-order valence-corrected chi connectivity index (χ4v) is 6.85. The van der Waals surface area contributed by atoms with E-state index in [1.54, 1.807) is 48.8 Å². The third kappa shape index (κ3) is 9.97. The lowest BCUT2D eigenvalue weighted by Gasteiger charge is -2.26. The van der Waals surface area contributed by atoms with E-state index in [0.717, 1.165) is 15.0 Å². The normalized spacial score (nSPS) is 13.5. The maximum Gasteiger partial charge on any atom is 0.261 e. The summed E-state index contributed by atoms with van der Waals surface area (Å²) in [4.78, 5) is 57.3. The van der Waals surface area contributed by atoms with Crippen LogP contribution in [0.3, 0.4) is 0 Å². The summed E-state index contributed by atoms with van der Waals surface area (Å²) in [5.41, 5.74) is 6.12. The van der Waals surface area contributed by atoms with Gasteiger partial charge >= 0.3 is 0 Å². The van der Waals surface area contributed by atoms with Crippen LogP contribution in [0.1, 0.15) is 59.2 Å². The summed E-state index contributed by atoms with van der Waals surface area (Å²) < 4.78 is 0.924. The molecule has 2 heterocycles. The summed E-state index contributed by atoms with van der Waals surface area (Å²) in [6.45, 7) is 5.67. The van der Waals surface area contributed by atoms with Gasteiger partial charge in [0.2, 0.25) is 5.91 Å². The minimum Gasteiger partial charge on any atom is -0.392 e. The van der Waals surface area contributed by atoms with Crippen LogP contribution in [-0.2, 0) is 16.0 Å². The number of aromatic nitrogens is 1. The summed E-state index contributed by atoms with van der Waals surface area (Å²) in [7, 11) is 0. The third-order valence-corrected chi connectivity index (χ3v) is 9.32. The molecule has 0 spiro atoms. The van der Waals surface area contributed by atoms with Crippen molar-refractivity contribution >= 4 is 56.7 Å². The predicted octanol–water partition coefficient (Wildman–Crippen LogP) is 4.77. The van der Waals surface area contributed by atoms with Crippen molar-refractivity contribution in [2.45, 2.75) is 62.6 Å². The molecule has 0 radical (unpaired) electrons. The number of hydrogen-bond acceptors (Lipinski definition) is 8. The van der Waals surface area contributed by atoms with Gasteiger partial charge in [0.1, 0.15) is 0 Å². The summed E-state index contributed by atoms with van der Waals surface area (Å²) in [6.07, 6.45) is 1.96. The molecule has 3 amide bonds. The minimum absolute atomic E-state index is 0.119. The van der Waals surface area contributed by atoms with Crippen molar-refractivity contribution < 1.29 is 24.3 Å². The molecule has 9 nitrogen and oxygen atoms in total. The van der Waals surface area contributed by atoms with Gasteiger partial charge in [-0.3, -0.25) is 24.2 Å². The van der Waals surface area contributed by atoms with Gasteiger partial charge in [-0.15, -0.1) is 23.1 Å². The first kappa shape index (κ1) is 33.8. The molecular weight excluding hydrogens is 609 g/mol. The van der Waals surface area contributed by atoms with Crippen LogP contribution in [0.15, 0.2) is 84.0 Å². The largest absolute Gasteiger partial charge is 0.392 e. The van der Waals surface area contributed by atoms with Crippen LogP contribution in [0.25, 0.3) is 10.1 Å². The van der Waals surface area contributed by atoms with Gasteiger partial charge in [-0.25, -0.2) is 0 Å². The Kier molecular flexibility index (Phi) is 11.5. The van der Waals surface area contributed by atoms with E-state index >= 15 is 0 Å². The molecule has 0 aliphatic heterocycles. The molecule has 5 N–H and O–H groups in total. The van der Waals surface area contributed by atoms with Crippen LogP contribution < -0.4 is 16.4 Å². The number of aliphatic hydroxyl groups excluding tert-OH is 1. The molecule has 2 aromatic heterocycles. The zero-order valence-electron chi connectivity index (χ0n) is 25.5. The number of ketones is 1. The van der Waals surface area contributed by atoms with Crippen molar-refractivity contribution in [2.24, 2.45) is 11.7 Å². The number of fused-ring (bicyclic) bond motifs is 1. The highest BCUT2D eigenvalue weighted by atomic mass is 32.2. The topological polar surface area (TPSA) is 151 Å². The fourth-order valence-electron chi connectivity index (χ4n) is 4.83. The van der Waals surface area contributed by atoms with Crippen LogP contribution in [-0.4, -0.2) is 57.0 Å². The van der Waals surface area contributed by atoms with Gasteiger partial charge in [0.25, 0.3) is 11.8 Å². The van der Waals surface area contributed by atoms with Crippen molar-refractivity contribution in [1.82, 2.24) is 15.6 Å². The van der Waals surface area contributed by atoms with E-state index in [9.17, 15) is 24.3 Å². The Bertz CT molecular complexity index is 1620. The number of aliphatic hydroxyl groups is 1. The van der Waals surface area contributed by atoms with E-state index in [-0.39, 0.29) is 25.2 Å². The highest BCUT2D eigenvalue weighted by molar-refractivity contribution is 7.99. The maximum absolute atomic E-state index is 13.7. The monoisotopic (exact) mass is 646 g/mol. The highest BCUT2D eigenvalue weighted by Crippen LogP contribution is 2.28. The smallest absolute Gasteiger partial charge is 0.261 e. The number of pyridine rings is 1. The second-order valence-corrected chi connectivity index (χ2v) is 14.1. The van der Waals surface area contributed by atoms with Gasteiger partial charge in [-0.2, -0.15) is 0 Å². The van der Waals surface area contributed by atoms with Gasteiger partial charge in [-0.1, -0.05) is 36.4 Å². The number of thioether (sulfide) groups is 1. The lowest BCUT2D eigenvalue weighted by atomic mass is 9.89. The van der Waals surface area contributed by atoms with Gasteiger partial charge in [0.15, 0.2) is 5.78 Å². The van der Waals surface area contributed by atoms with Crippen molar-refractivity contribution in [3.05, 3.63) is 95.1 Å².